The lowest BCUT2D eigenvalue weighted by Crippen LogP contribution is -2.00. The highest BCUT2D eigenvalue weighted by molar-refractivity contribution is 5.53. The summed E-state index contributed by atoms with van der Waals surface area (Å²) in [6.07, 6.45) is 1.64. The molecule has 1 N–H and O–H groups in total. The smallest absolute Gasteiger partial charge is 0.0722 e. The summed E-state index contributed by atoms with van der Waals surface area (Å²) in [5, 5.41) is 9.27. The van der Waals surface area contributed by atoms with Crippen LogP contribution in [0.15, 0.2) is 29.8 Å². The van der Waals surface area contributed by atoms with Crippen molar-refractivity contribution in [3.05, 3.63) is 41.0 Å². The molecule has 1 atom stereocenters. The van der Waals surface area contributed by atoms with Crippen molar-refractivity contribution in [2.45, 2.75) is 26.9 Å². The summed E-state index contributed by atoms with van der Waals surface area (Å²) in [5.74, 6) is 0. The fourth-order valence-corrected chi connectivity index (χ4v) is 1.05. The van der Waals surface area contributed by atoms with Gasteiger partial charge in [-0.15, -0.1) is 0 Å². The van der Waals surface area contributed by atoms with Crippen molar-refractivity contribution >= 4 is 6.08 Å². The first-order chi connectivity index (χ1) is 6.09. The van der Waals surface area contributed by atoms with E-state index in [4.69, 9.17) is 0 Å². The highest BCUT2D eigenvalue weighted by Crippen LogP contribution is 2.10. The van der Waals surface area contributed by atoms with Gasteiger partial charge in [-0.3, -0.25) is 0 Å². The molecule has 0 unspecified atom stereocenters. The highest BCUT2D eigenvalue weighted by atomic mass is 16.3. The Bertz CT molecular complexity index is 293. The molecular formula is C12H16O. The molecule has 0 bridgehead atoms. The molecule has 0 spiro atoms. The first kappa shape index (κ1) is 10.0. The number of aliphatic hydroxyl groups excluding tert-OH is 1. The van der Waals surface area contributed by atoms with Crippen LogP contribution in [0.5, 0.6) is 0 Å². The molecular weight excluding hydrogens is 160 g/mol. The van der Waals surface area contributed by atoms with Gasteiger partial charge >= 0.3 is 0 Å². The summed E-state index contributed by atoms with van der Waals surface area (Å²) in [6, 6.07) is 8.25. The molecule has 0 saturated heterocycles. The average Bonchev–Trinajstić information content (AvgIpc) is 2.08. The van der Waals surface area contributed by atoms with Crippen molar-refractivity contribution in [1.29, 1.82) is 0 Å². The quantitative estimate of drug-likeness (QED) is 0.734. The van der Waals surface area contributed by atoms with Crippen molar-refractivity contribution in [3.63, 3.8) is 0 Å². The Balaban J connectivity index is 2.85. The molecule has 0 amide bonds. The zero-order valence-electron chi connectivity index (χ0n) is 8.41. The van der Waals surface area contributed by atoms with E-state index in [-0.39, 0.29) is 6.10 Å². The van der Waals surface area contributed by atoms with Gasteiger partial charge in [0.25, 0.3) is 0 Å². The SMILES string of the molecule is C/C(=C\c1ccc(C)cc1)[C@H](C)O. The van der Waals surface area contributed by atoms with Crippen LogP contribution < -0.4 is 0 Å². The molecule has 0 aromatic heterocycles. The molecule has 0 saturated carbocycles. The average molecular weight is 176 g/mol. The second kappa shape index (κ2) is 4.24. The molecule has 1 heteroatoms. The third-order valence-corrected chi connectivity index (χ3v) is 2.13. The normalized spacial score (nSPS) is 14.3. The topological polar surface area (TPSA) is 20.2 Å². The van der Waals surface area contributed by atoms with Crippen LogP contribution in [0.2, 0.25) is 0 Å². The molecule has 0 aliphatic carbocycles. The predicted molar refractivity (Wildman–Crippen MR) is 56.5 cm³/mol. The van der Waals surface area contributed by atoms with Crippen LogP contribution in [-0.4, -0.2) is 11.2 Å². The summed E-state index contributed by atoms with van der Waals surface area (Å²) in [5.41, 5.74) is 3.39. The Hall–Kier alpha value is -1.08. The molecule has 0 heterocycles. The summed E-state index contributed by atoms with van der Waals surface area (Å²) in [6.45, 7) is 5.78. The van der Waals surface area contributed by atoms with Gasteiger partial charge < -0.3 is 5.11 Å². The predicted octanol–water partition coefficient (Wildman–Crippen LogP) is 2.78. The van der Waals surface area contributed by atoms with E-state index in [1.807, 2.05) is 13.0 Å². The molecule has 1 nitrogen and oxygen atoms in total. The van der Waals surface area contributed by atoms with Crippen molar-refractivity contribution in [2.24, 2.45) is 0 Å². The fraction of sp³-hybridized carbons (Fsp3) is 0.333. The van der Waals surface area contributed by atoms with E-state index in [1.165, 1.54) is 5.56 Å². The Kier molecular flexibility index (Phi) is 3.26. The summed E-state index contributed by atoms with van der Waals surface area (Å²) in [4.78, 5) is 0. The highest BCUT2D eigenvalue weighted by Gasteiger charge is 1.97. The standard InChI is InChI=1S/C12H16O/c1-9-4-6-12(7-5-9)8-10(2)11(3)13/h4-8,11,13H,1-3H3/b10-8+/t11-/m0/s1. The third-order valence-electron chi connectivity index (χ3n) is 2.13. The van der Waals surface area contributed by atoms with Crippen molar-refractivity contribution in [2.75, 3.05) is 0 Å². The summed E-state index contributed by atoms with van der Waals surface area (Å²) >= 11 is 0. The molecule has 1 rings (SSSR count). The van der Waals surface area contributed by atoms with Gasteiger partial charge in [0.15, 0.2) is 0 Å². The minimum atomic E-state index is -0.360. The monoisotopic (exact) mass is 176 g/mol. The van der Waals surface area contributed by atoms with Crippen LogP contribution in [0.1, 0.15) is 25.0 Å². The molecule has 0 aliphatic heterocycles. The zero-order chi connectivity index (χ0) is 9.84. The van der Waals surface area contributed by atoms with Gasteiger partial charge in [-0.05, 0) is 31.9 Å². The largest absolute Gasteiger partial charge is 0.389 e. The van der Waals surface area contributed by atoms with Gasteiger partial charge in [0.2, 0.25) is 0 Å². The maximum Gasteiger partial charge on any atom is 0.0722 e. The number of aliphatic hydroxyl groups is 1. The van der Waals surface area contributed by atoms with Gasteiger partial charge in [-0.25, -0.2) is 0 Å². The number of rotatable bonds is 2. The first-order valence-electron chi connectivity index (χ1n) is 4.52. The van der Waals surface area contributed by atoms with Crippen LogP contribution >= 0.6 is 0 Å². The Morgan fingerprint density at radius 1 is 1.31 bits per heavy atom. The van der Waals surface area contributed by atoms with Crippen LogP contribution in [-0.2, 0) is 0 Å². The van der Waals surface area contributed by atoms with E-state index >= 15 is 0 Å². The van der Waals surface area contributed by atoms with E-state index in [0.717, 1.165) is 11.1 Å². The van der Waals surface area contributed by atoms with Crippen LogP contribution in [0.25, 0.3) is 6.08 Å². The summed E-state index contributed by atoms with van der Waals surface area (Å²) < 4.78 is 0. The van der Waals surface area contributed by atoms with E-state index in [1.54, 1.807) is 6.92 Å². The number of aryl methyl sites for hydroxylation is 1. The van der Waals surface area contributed by atoms with Gasteiger partial charge in [0.1, 0.15) is 0 Å². The van der Waals surface area contributed by atoms with E-state index in [2.05, 4.69) is 31.2 Å². The number of hydrogen-bond acceptors (Lipinski definition) is 1. The van der Waals surface area contributed by atoms with Gasteiger partial charge in [-0.1, -0.05) is 35.9 Å². The lowest BCUT2D eigenvalue weighted by molar-refractivity contribution is 0.232. The molecule has 70 valence electrons. The fourth-order valence-electron chi connectivity index (χ4n) is 1.05. The molecule has 1 aromatic rings. The number of hydrogen-bond donors (Lipinski definition) is 1. The first-order valence-corrected chi connectivity index (χ1v) is 4.52. The van der Waals surface area contributed by atoms with Gasteiger partial charge in [0.05, 0.1) is 6.10 Å². The van der Waals surface area contributed by atoms with Gasteiger partial charge in [0, 0.05) is 0 Å². The van der Waals surface area contributed by atoms with Crippen LogP contribution in [0.3, 0.4) is 0 Å². The van der Waals surface area contributed by atoms with Gasteiger partial charge in [-0.2, -0.15) is 0 Å². The minimum absolute atomic E-state index is 0.360. The Morgan fingerprint density at radius 3 is 2.31 bits per heavy atom. The number of benzene rings is 1. The molecule has 13 heavy (non-hydrogen) atoms. The van der Waals surface area contributed by atoms with E-state index < -0.39 is 0 Å². The maximum atomic E-state index is 9.27. The van der Waals surface area contributed by atoms with E-state index in [0.29, 0.717) is 0 Å². The van der Waals surface area contributed by atoms with Crippen molar-refractivity contribution in [1.82, 2.24) is 0 Å². The maximum absolute atomic E-state index is 9.27. The van der Waals surface area contributed by atoms with Crippen molar-refractivity contribution < 1.29 is 5.11 Å². The molecule has 1 aromatic carbocycles. The second-order valence-corrected chi connectivity index (χ2v) is 3.48. The van der Waals surface area contributed by atoms with Crippen LogP contribution in [0.4, 0.5) is 0 Å². The lowest BCUT2D eigenvalue weighted by Gasteiger charge is -2.04. The Labute approximate surface area is 79.7 Å². The Morgan fingerprint density at radius 2 is 1.85 bits per heavy atom. The zero-order valence-corrected chi connectivity index (χ0v) is 8.41. The molecule has 0 aliphatic rings. The lowest BCUT2D eigenvalue weighted by atomic mass is 10.1. The molecule has 0 radical (unpaired) electrons. The summed E-state index contributed by atoms with van der Waals surface area (Å²) in [7, 11) is 0. The second-order valence-electron chi connectivity index (χ2n) is 3.48. The third kappa shape index (κ3) is 3.03. The van der Waals surface area contributed by atoms with Crippen molar-refractivity contribution in [3.8, 4) is 0 Å². The van der Waals surface area contributed by atoms with Crippen LogP contribution in [0, 0.1) is 6.92 Å². The molecule has 0 fully saturated rings. The van der Waals surface area contributed by atoms with E-state index in [9.17, 15) is 5.11 Å². The minimum Gasteiger partial charge on any atom is -0.389 e.